The quantitative estimate of drug-likeness (QED) is 0.790. The Morgan fingerprint density at radius 3 is 2.76 bits per heavy atom. The summed E-state index contributed by atoms with van der Waals surface area (Å²) in [6, 6.07) is 3.84. The van der Waals surface area contributed by atoms with E-state index in [1.165, 1.54) is 19.2 Å². The molecular formula is C10H10ClFN2O3. The molecule has 17 heavy (non-hydrogen) atoms. The van der Waals surface area contributed by atoms with Gasteiger partial charge in [0.2, 0.25) is 5.91 Å². The van der Waals surface area contributed by atoms with Gasteiger partial charge in [0.1, 0.15) is 5.82 Å². The molecule has 0 radical (unpaired) electrons. The minimum Gasteiger partial charge on any atom is -0.357 e. The zero-order valence-electron chi connectivity index (χ0n) is 8.92. The second-order valence-corrected chi connectivity index (χ2v) is 3.40. The summed E-state index contributed by atoms with van der Waals surface area (Å²) >= 11 is 5.66. The number of likely N-dealkylation sites (N-methyl/N-ethyl adjacent to an activating group) is 1. The maximum atomic E-state index is 13.3. The Kier molecular flexibility index (Phi) is 4.86. The van der Waals surface area contributed by atoms with Crippen LogP contribution in [0.15, 0.2) is 18.2 Å². The molecule has 0 bridgehead atoms. The zero-order chi connectivity index (χ0) is 12.8. The molecule has 92 valence electrons. The molecule has 1 rings (SSSR count). The lowest BCUT2D eigenvalue weighted by molar-refractivity contribution is -0.126. The molecule has 0 heterocycles. The number of rotatable bonds is 4. The van der Waals surface area contributed by atoms with Crippen molar-refractivity contribution in [3.63, 3.8) is 0 Å². The number of hydrogen-bond acceptors (Lipinski definition) is 3. The van der Waals surface area contributed by atoms with Gasteiger partial charge in [0, 0.05) is 7.05 Å². The molecular weight excluding hydrogens is 251 g/mol. The Morgan fingerprint density at radius 2 is 2.18 bits per heavy atom. The topological polar surface area (TPSA) is 67.4 Å². The largest absolute Gasteiger partial charge is 0.357 e. The molecule has 0 aromatic heterocycles. The minimum atomic E-state index is -0.850. The second kappa shape index (κ2) is 6.17. The first-order valence-electron chi connectivity index (χ1n) is 4.63. The zero-order valence-corrected chi connectivity index (χ0v) is 9.68. The van der Waals surface area contributed by atoms with Crippen LogP contribution in [0.2, 0.25) is 5.02 Å². The van der Waals surface area contributed by atoms with Gasteiger partial charge in [-0.3, -0.25) is 14.4 Å². The smallest absolute Gasteiger partial charge is 0.279 e. The van der Waals surface area contributed by atoms with E-state index in [1.807, 2.05) is 5.48 Å². The van der Waals surface area contributed by atoms with Crippen molar-refractivity contribution in [1.82, 2.24) is 10.8 Å². The molecule has 7 heteroatoms. The van der Waals surface area contributed by atoms with E-state index in [2.05, 4.69) is 10.2 Å². The predicted octanol–water partition coefficient (Wildman–Crippen LogP) is 0.886. The first-order valence-corrected chi connectivity index (χ1v) is 5.00. The van der Waals surface area contributed by atoms with E-state index < -0.39 is 17.6 Å². The molecule has 0 aliphatic rings. The molecule has 0 saturated carbocycles. The number of hydrogen-bond donors (Lipinski definition) is 2. The van der Waals surface area contributed by atoms with Crippen LogP contribution < -0.4 is 10.8 Å². The number of hydroxylamine groups is 1. The summed E-state index contributed by atoms with van der Waals surface area (Å²) in [7, 11) is 1.42. The van der Waals surface area contributed by atoms with Crippen LogP contribution in [0.25, 0.3) is 0 Å². The fourth-order valence-corrected chi connectivity index (χ4v) is 1.25. The normalized spacial score (nSPS) is 9.82. The number of amides is 2. The Labute approximate surface area is 102 Å². The lowest BCUT2D eigenvalue weighted by Crippen LogP contribution is -2.31. The summed E-state index contributed by atoms with van der Waals surface area (Å²) < 4.78 is 13.3. The third kappa shape index (κ3) is 3.69. The number of benzene rings is 1. The predicted molar refractivity (Wildman–Crippen MR) is 58.9 cm³/mol. The van der Waals surface area contributed by atoms with E-state index in [0.717, 1.165) is 6.07 Å². The fourth-order valence-electron chi connectivity index (χ4n) is 1.01. The lowest BCUT2D eigenvalue weighted by Gasteiger charge is -2.07. The Balaban J connectivity index is 2.61. The van der Waals surface area contributed by atoms with Crippen LogP contribution in [-0.4, -0.2) is 25.5 Å². The lowest BCUT2D eigenvalue weighted by atomic mass is 10.2. The molecule has 2 N–H and O–H groups in total. The molecule has 2 amide bonds. The van der Waals surface area contributed by atoms with Crippen molar-refractivity contribution in [2.75, 3.05) is 13.7 Å². The van der Waals surface area contributed by atoms with Crippen molar-refractivity contribution >= 4 is 23.4 Å². The molecule has 5 nitrogen and oxygen atoms in total. The van der Waals surface area contributed by atoms with E-state index in [0.29, 0.717) is 0 Å². The number of carbonyl (C=O) groups excluding carboxylic acids is 2. The first kappa shape index (κ1) is 13.4. The van der Waals surface area contributed by atoms with Crippen molar-refractivity contribution < 1.29 is 18.8 Å². The first-order chi connectivity index (χ1) is 8.06. The Bertz CT molecular complexity index is 419. The van der Waals surface area contributed by atoms with E-state index in [-0.39, 0.29) is 17.2 Å². The molecule has 0 unspecified atom stereocenters. The number of nitrogens with one attached hydrogen (secondary N) is 2. The van der Waals surface area contributed by atoms with Gasteiger partial charge in [-0.15, -0.1) is 0 Å². The Hall–Kier alpha value is -1.66. The van der Waals surface area contributed by atoms with Crippen molar-refractivity contribution in [2.45, 2.75) is 0 Å². The van der Waals surface area contributed by atoms with Gasteiger partial charge in [0.25, 0.3) is 5.91 Å². The van der Waals surface area contributed by atoms with Crippen LogP contribution in [0.4, 0.5) is 4.39 Å². The van der Waals surface area contributed by atoms with Gasteiger partial charge in [-0.25, -0.2) is 9.87 Å². The summed E-state index contributed by atoms with van der Waals surface area (Å²) in [5.41, 5.74) is 1.59. The fraction of sp³-hybridized carbons (Fsp3) is 0.200. The van der Waals surface area contributed by atoms with Crippen LogP contribution in [0.5, 0.6) is 0 Å². The van der Waals surface area contributed by atoms with Gasteiger partial charge < -0.3 is 5.32 Å². The van der Waals surface area contributed by atoms with Crippen molar-refractivity contribution in [1.29, 1.82) is 0 Å². The minimum absolute atomic E-state index is 0.0361. The van der Waals surface area contributed by atoms with Crippen LogP contribution in [0, 0.1) is 5.82 Å². The molecule has 0 spiro atoms. The van der Waals surface area contributed by atoms with Crippen LogP contribution in [0.3, 0.4) is 0 Å². The monoisotopic (exact) mass is 260 g/mol. The summed E-state index contributed by atoms with van der Waals surface area (Å²) in [6.07, 6.45) is 0. The summed E-state index contributed by atoms with van der Waals surface area (Å²) in [5.74, 6) is -2.04. The highest BCUT2D eigenvalue weighted by Gasteiger charge is 2.15. The van der Waals surface area contributed by atoms with Crippen molar-refractivity contribution in [3.05, 3.63) is 34.6 Å². The maximum absolute atomic E-state index is 13.3. The highest BCUT2D eigenvalue weighted by atomic mass is 35.5. The summed E-state index contributed by atoms with van der Waals surface area (Å²) in [4.78, 5) is 26.8. The van der Waals surface area contributed by atoms with Crippen molar-refractivity contribution in [2.24, 2.45) is 0 Å². The van der Waals surface area contributed by atoms with E-state index in [4.69, 9.17) is 11.6 Å². The molecule has 1 aromatic carbocycles. The van der Waals surface area contributed by atoms with Gasteiger partial charge in [-0.2, -0.15) is 0 Å². The molecule has 0 fully saturated rings. The van der Waals surface area contributed by atoms with E-state index in [1.54, 1.807) is 0 Å². The van der Waals surface area contributed by atoms with E-state index in [9.17, 15) is 14.0 Å². The summed E-state index contributed by atoms with van der Waals surface area (Å²) in [6.45, 7) is -0.367. The highest BCUT2D eigenvalue weighted by molar-refractivity contribution is 6.33. The standard InChI is InChI=1S/C10H10ClFN2O3/c1-13-8(15)5-17-14-10(16)9-6(11)3-2-4-7(9)12/h2-4H,5H2,1H3,(H,13,15)(H,14,16). The maximum Gasteiger partial charge on any atom is 0.279 e. The highest BCUT2D eigenvalue weighted by Crippen LogP contribution is 2.18. The summed E-state index contributed by atoms with van der Waals surface area (Å²) in [5, 5.41) is 2.25. The van der Waals surface area contributed by atoms with Gasteiger partial charge in [0.05, 0.1) is 10.6 Å². The van der Waals surface area contributed by atoms with Crippen LogP contribution >= 0.6 is 11.6 Å². The number of halogens is 2. The average Bonchev–Trinajstić information content (AvgIpc) is 2.28. The van der Waals surface area contributed by atoms with Crippen LogP contribution in [0.1, 0.15) is 10.4 Å². The molecule has 0 aliphatic heterocycles. The second-order valence-electron chi connectivity index (χ2n) is 2.99. The molecule has 0 atom stereocenters. The Morgan fingerprint density at radius 1 is 1.47 bits per heavy atom. The van der Waals surface area contributed by atoms with Gasteiger partial charge in [-0.1, -0.05) is 17.7 Å². The average molecular weight is 261 g/mol. The third-order valence-electron chi connectivity index (χ3n) is 1.84. The van der Waals surface area contributed by atoms with Gasteiger partial charge in [-0.05, 0) is 12.1 Å². The molecule has 0 aliphatic carbocycles. The third-order valence-corrected chi connectivity index (χ3v) is 2.15. The van der Waals surface area contributed by atoms with E-state index >= 15 is 0 Å². The molecule has 1 aromatic rings. The molecule has 0 saturated heterocycles. The van der Waals surface area contributed by atoms with Gasteiger partial charge >= 0.3 is 0 Å². The SMILES string of the molecule is CNC(=O)CONC(=O)c1c(F)cccc1Cl. The number of carbonyl (C=O) groups is 2. The van der Waals surface area contributed by atoms with Crippen LogP contribution in [-0.2, 0) is 9.63 Å². The van der Waals surface area contributed by atoms with Gasteiger partial charge in [0.15, 0.2) is 6.61 Å². The van der Waals surface area contributed by atoms with Crippen molar-refractivity contribution in [3.8, 4) is 0 Å².